The maximum absolute atomic E-state index is 12.5. The lowest BCUT2D eigenvalue weighted by Gasteiger charge is -2.14. The molecule has 0 heterocycles. The number of nitrogens with one attached hydrogen (secondary N) is 6. The van der Waals surface area contributed by atoms with Crippen LogP contribution < -0.4 is 31.9 Å². The third kappa shape index (κ3) is 26.0. The van der Waals surface area contributed by atoms with Crippen molar-refractivity contribution in [3.63, 3.8) is 0 Å². The van der Waals surface area contributed by atoms with Gasteiger partial charge in [-0.3, -0.25) is 28.2 Å². The van der Waals surface area contributed by atoms with Gasteiger partial charge in [-0.05, 0) is 74.8 Å². The zero-order chi connectivity index (χ0) is 45.3. The molecule has 21 heteroatoms. The van der Waals surface area contributed by atoms with Crippen molar-refractivity contribution in [1.82, 2.24) is 31.9 Å². The summed E-state index contributed by atoms with van der Waals surface area (Å²) >= 11 is 0. The molecule has 0 aliphatic heterocycles. The minimum Gasteiger partial charge on any atom is -0.423 e. The average Bonchev–Trinajstić information content (AvgIpc) is 3.25. The first kappa shape index (κ1) is 53.5. The number of ether oxygens (including phenoxy) is 3. The Morgan fingerprint density at radius 2 is 1.27 bits per heavy atom. The molecule has 0 spiro atoms. The highest BCUT2D eigenvalue weighted by atomic mass is 32.2. The fourth-order valence-electron chi connectivity index (χ4n) is 5.44. The predicted molar refractivity (Wildman–Crippen MR) is 230 cm³/mol. The molecule has 0 unspecified atom stereocenters. The highest BCUT2D eigenvalue weighted by molar-refractivity contribution is 7.86. The predicted octanol–water partition coefficient (Wildman–Crippen LogP) is -0.0139. The summed E-state index contributed by atoms with van der Waals surface area (Å²) in [6.45, 7) is 5.30. The average molecular weight is 891 g/mol. The van der Waals surface area contributed by atoms with E-state index in [0.29, 0.717) is 116 Å². The fourth-order valence-corrected chi connectivity index (χ4v) is 6.43. The molecule has 62 heavy (non-hydrogen) atoms. The summed E-state index contributed by atoms with van der Waals surface area (Å²) in [6.07, 6.45) is 12.3. The van der Waals surface area contributed by atoms with Crippen molar-refractivity contribution >= 4 is 46.8 Å². The van der Waals surface area contributed by atoms with Gasteiger partial charge in [0.25, 0.3) is 16.0 Å². The van der Waals surface area contributed by atoms with Crippen LogP contribution in [0.25, 0.3) is 0 Å². The molecule has 5 amide bonds. The van der Waals surface area contributed by atoms with Crippen LogP contribution in [0.1, 0.15) is 81.0 Å². The van der Waals surface area contributed by atoms with Crippen LogP contribution >= 0.6 is 0 Å². The second kappa shape index (κ2) is 33.0. The number of terminal acetylenes is 1. The monoisotopic (exact) mass is 890 g/mol. The first-order valence-electron chi connectivity index (χ1n) is 20.9. The van der Waals surface area contributed by atoms with Crippen LogP contribution in [0.15, 0.2) is 52.5 Å². The van der Waals surface area contributed by atoms with Gasteiger partial charge in [0.05, 0.1) is 44.5 Å². The first-order chi connectivity index (χ1) is 29.9. The number of unbranched alkanes of at least 4 members (excludes halogenated alkanes) is 1. The van der Waals surface area contributed by atoms with Crippen LogP contribution in [0, 0.1) is 12.3 Å². The van der Waals surface area contributed by atoms with E-state index in [-0.39, 0.29) is 79.5 Å². The second-order valence-electron chi connectivity index (χ2n) is 13.9. The lowest BCUT2D eigenvalue weighted by Crippen LogP contribution is -2.31. The summed E-state index contributed by atoms with van der Waals surface area (Å²) in [6, 6.07) is 5.51. The molecule has 0 atom stereocenters. The van der Waals surface area contributed by atoms with Gasteiger partial charge in [-0.2, -0.15) is 8.42 Å². The standard InChI is InChI=1S/C41H63BN6O13S/c1-2-3-4-25-61-62(56,57)36-13-5-10-33(31-36)41(53)47-21-8-20-45-37(49)14-15-38(50)46-22-9-24-58-27-29-60-30-28-59-26-23-43-18-7-19-44-39(51)16-17-40(52)48-35-12-6-11-34(32-35)42(54)55/h1,5,10,12-13,31-32,43,54-55H,3-4,6-9,11,14-30H2,(H,44,51)(H,45,49)(H,46,50)(H,47,53)(H,48,52). The normalized spacial score (nSPS) is 12.3. The van der Waals surface area contributed by atoms with Crippen molar-refractivity contribution in [3.8, 4) is 12.3 Å². The van der Waals surface area contributed by atoms with E-state index in [2.05, 4.69) is 37.8 Å². The van der Waals surface area contributed by atoms with Gasteiger partial charge in [0, 0.05) is 82.7 Å². The van der Waals surface area contributed by atoms with E-state index in [0.717, 1.165) is 6.42 Å². The zero-order valence-electron chi connectivity index (χ0n) is 35.4. The first-order valence-corrected chi connectivity index (χ1v) is 22.3. The minimum atomic E-state index is -4.03. The van der Waals surface area contributed by atoms with Crippen LogP contribution in [-0.2, 0) is 47.7 Å². The molecule has 1 aliphatic rings. The van der Waals surface area contributed by atoms with Crippen LogP contribution in [0.2, 0.25) is 0 Å². The number of carbonyl (C=O) groups excluding carboxylic acids is 5. The van der Waals surface area contributed by atoms with E-state index in [1.165, 1.54) is 30.3 Å². The third-order valence-corrected chi connectivity index (χ3v) is 10.1. The molecule has 8 N–H and O–H groups in total. The topological polar surface area (TPSA) is 269 Å². The Labute approximate surface area is 365 Å². The Balaban J connectivity index is 1.33. The maximum Gasteiger partial charge on any atom is 0.484 e. The molecular weight excluding hydrogens is 827 g/mol. The minimum absolute atomic E-state index is 0.0201. The summed E-state index contributed by atoms with van der Waals surface area (Å²) in [7, 11) is -5.57. The number of rotatable bonds is 35. The number of benzene rings is 1. The van der Waals surface area contributed by atoms with E-state index in [1.54, 1.807) is 6.08 Å². The molecule has 1 aliphatic carbocycles. The molecule has 0 fully saturated rings. The molecule has 344 valence electrons. The molecule has 0 saturated heterocycles. The van der Waals surface area contributed by atoms with Gasteiger partial charge in [-0.15, -0.1) is 12.3 Å². The number of amides is 5. The van der Waals surface area contributed by atoms with Gasteiger partial charge in [-0.1, -0.05) is 12.1 Å². The molecule has 0 radical (unpaired) electrons. The number of hydrogen-bond donors (Lipinski definition) is 8. The van der Waals surface area contributed by atoms with Crippen molar-refractivity contribution in [2.45, 2.75) is 75.5 Å². The van der Waals surface area contributed by atoms with Crippen molar-refractivity contribution in [2.75, 3.05) is 85.5 Å². The largest absolute Gasteiger partial charge is 0.484 e. The smallest absolute Gasteiger partial charge is 0.423 e. The van der Waals surface area contributed by atoms with Gasteiger partial charge in [0.2, 0.25) is 23.6 Å². The molecule has 1 aromatic carbocycles. The summed E-state index contributed by atoms with van der Waals surface area (Å²) in [5.74, 6) is 0.869. The fraction of sp³-hybridized carbons (Fsp3) is 0.585. The van der Waals surface area contributed by atoms with Crippen LogP contribution in [0.5, 0.6) is 0 Å². The highest BCUT2D eigenvalue weighted by Gasteiger charge is 2.19. The van der Waals surface area contributed by atoms with Crippen molar-refractivity contribution in [2.24, 2.45) is 0 Å². The molecule has 0 bridgehead atoms. The summed E-state index contributed by atoms with van der Waals surface area (Å²) in [5, 5.41) is 35.4. The molecule has 0 saturated carbocycles. The Morgan fingerprint density at radius 1 is 0.694 bits per heavy atom. The Bertz CT molecular complexity index is 1750. The second-order valence-corrected chi connectivity index (χ2v) is 15.5. The highest BCUT2D eigenvalue weighted by Crippen LogP contribution is 2.17. The SMILES string of the molecule is C#CCCCOS(=O)(=O)c1cccc(C(=O)NCCCNC(=O)CCC(=O)NCCCOCCOCCOCCNCCCNC(=O)CCC(=O)NC2=CCCC(B(O)O)=C2)c1. The quantitative estimate of drug-likeness (QED) is 0.0193. The number of hydrogen-bond acceptors (Lipinski definition) is 14. The van der Waals surface area contributed by atoms with E-state index in [4.69, 9.17) is 24.8 Å². The van der Waals surface area contributed by atoms with Crippen LogP contribution in [0.3, 0.4) is 0 Å². The Hall–Kier alpha value is -4.66. The summed E-state index contributed by atoms with van der Waals surface area (Å²) in [5.41, 5.74) is 1.09. The van der Waals surface area contributed by atoms with E-state index in [1.807, 2.05) is 0 Å². The zero-order valence-corrected chi connectivity index (χ0v) is 36.2. The summed E-state index contributed by atoms with van der Waals surface area (Å²) in [4.78, 5) is 60.7. The Morgan fingerprint density at radius 3 is 1.92 bits per heavy atom. The van der Waals surface area contributed by atoms with Gasteiger partial charge in [0.15, 0.2) is 0 Å². The Kier molecular flexibility index (Phi) is 28.4. The van der Waals surface area contributed by atoms with Crippen molar-refractivity contribution in [3.05, 3.63) is 53.2 Å². The van der Waals surface area contributed by atoms with Gasteiger partial charge in [-0.25, -0.2) is 0 Å². The van der Waals surface area contributed by atoms with E-state index < -0.39 is 23.1 Å². The van der Waals surface area contributed by atoms with Crippen LogP contribution in [0.4, 0.5) is 0 Å². The molecule has 19 nitrogen and oxygen atoms in total. The lowest BCUT2D eigenvalue weighted by molar-refractivity contribution is -0.126. The lowest BCUT2D eigenvalue weighted by atomic mass is 9.74. The molecule has 1 aromatic rings. The van der Waals surface area contributed by atoms with Gasteiger partial charge >= 0.3 is 7.12 Å². The van der Waals surface area contributed by atoms with Crippen LogP contribution in [-0.4, -0.2) is 141 Å². The summed E-state index contributed by atoms with van der Waals surface area (Å²) < 4.78 is 46.2. The van der Waals surface area contributed by atoms with Gasteiger partial charge in [0.1, 0.15) is 0 Å². The maximum atomic E-state index is 12.5. The van der Waals surface area contributed by atoms with Gasteiger partial charge < -0.3 is 56.2 Å². The number of carbonyl (C=O) groups is 5. The van der Waals surface area contributed by atoms with E-state index in [9.17, 15) is 42.4 Å². The van der Waals surface area contributed by atoms with E-state index >= 15 is 0 Å². The number of allylic oxidation sites excluding steroid dienone is 3. The van der Waals surface area contributed by atoms with Crippen molar-refractivity contribution < 1.29 is 60.8 Å². The molecular formula is C41H63BN6O13S. The van der Waals surface area contributed by atoms with Crippen molar-refractivity contribution in [1.29, 1.82) is 0 Å². The molecule has 0 aromatic heterocycles. The third-order valence-electron chi connectivity index (χ3n) is 8.77. The molecule has 2 rings (SSSR count).